The van der Waals surface area contributed by atoms with Crippen LogP contribution < -0.4 is 11.5 Å². The highest BCUT2D eigenvalue weighted by Crippen LogP contribution is 2.26. The first-order chi connectivity index (χ1) is 13.7. The molecule has 4 aromatic rings. The second-order valence-electron chi connectivity index (χ2n) is 6.79. The number of fused-ring (bicyclic) bond motifs is 1. The highest BCUT2D eigenvalue weighted by molar-refractivity contribution is 5.99. The fraction of sp³-hybridized carbons (Fsp3) is 0. The smallest absolute Gasteiger partial charge is 0.0314 e. The summed E-state index contributed by atoms with van der Waals surface area (Å²) in [6.45, 7) is 0. The minimum absolute atomic E-state index is 0.778. The van der Waals surface area contributed by atoms with Crippen LogP contribution in [0.15, 0.2) is 84.9 Å². The third-order valence-corrected chi connectivity index (χ3v) is 4.78. The average molecular weight is 362 g/mol. The van der Waals surface area contributed by atoms with Gasteiger partial charge in [0.05, 0.1) is 0 Å². The van der Waals surface area contributed by atoms with Crippen molar-refractivity contribution in [3.8, 4) is 0 Å². The summed E-state index contributed by atoms with van der Waals surface area (Å²) in [7, 11) is 0. The van der Waals surface area contributed by atoms with E-state index in [4.69, 9.17) is 11.5 Å². The monoisotopic (exact) mass is 362 g/mol. The van der Waals surface area contributed by atoms with Gasteiger partial charge in [0.1, 0.15) is 0 Å². The van der Waals surface area contributed by atoms with Crippen LogP contribution in [-0.4, -0.2) is 0 Å². The minimum Gasteiger partial charge on any atom is -0.399 e. The quantitative estimate of drug-likeness (QED) is 0.328. The largest absolute Gasteiger partial charge is 0.399 e. The molecule has 136 valence electrons. The topological polar surface area (TPSA) is 52.0 Å². The summed E-state index contributed by atoms with van der Waals surface area (Å²) >= 11 is 0. The standard InChI is InChI=1S/C26H22N2/c27-23-15-7-19(8-16-23)5-11-21-13-14-22(26-4-2-1-3-25(21)26)12-6-20-9-17-24(28)18-10-20/h1-18H,27-28H2/b11-5+,12-6+. The molecule has 4 N–H and O–H groups in total. The highest BCUT2D eigenvalue weighted by Gasteiger charge is 2.02. The lowest BCUT2D eigenvalue weighted by Crippen LogP contribution is -1.84. The molecular weight excluding hydrogens is 340 g/mol. The van der Waals surface area contributed by atoms with Crippen molar-refractivity contribution in [3.63, 3.8) is 0 Å². The van der Waals surface area contributed by atoms with Crippen LogP contribution in [0.5, 0.6) is 0 Å². The summed E-state index contributed by atoms with van der Waals surface area (Å²) in [5.74, 6) is 0. The summed E-state index contributed by atoms with van der Waals surface area (Å²) in [5.41, 5.74) is 17.7. The lowest BCUT2D eigenvalue weighted by molar-refractivity contribution is 1.64. The highest BCUT2D eigenvalue weighted by atomic mass is 14.5. The number of hydrogen-bond donors (Lipinski definition) is 2. The van der Waals surface area contributed by atoms with Crippen LogP contribution in [0, 0.1) is 0 Å². The molecule has 0 unspecified atom stereocenters. The minimum atomic E-state index is 0.778. The first-order valence-electron chi connectivity index (χ1n) is 9.28. The Balaban J connectivity index is 1.68. The summed E-state index contributed by atoms with van der Waals surface area (Å²) in [6.07, 6.45) is 8.54. The Kier molecular flexibility index (Phi) is 4.94. The van der Waals surface area contributed by atoms with Crippen LogP contribution in [0.25, 0.3) is 35.1 Å². The average Bonchev–Trinajstić information content (AvgIpc) is 2.73. The third kappa shape index (κ3) is 3.97. The van der Waals surface area contributed by atoms with E-state index >= 15 is 0 Å². The van der Waals surface area contributed by atoms with Gasteiger partial charge in [-0.05, 0) is 57.3 Å². The molecule has 0 saturated heterocycles. The summed E-state index contributed by atoms with van der Waals surface area (Å²) in [5, 5.41) is 2.46. The zero-order valence-electron chi connectivity index (χ0n) is 15.5. The summed E-state index contributed by atoms with van der Waals surface area (Å²) < 4.78 is 0. The van der Waals surface area contributed by atoms with Crippen LogP contribution in [-0.2, 0) is 0 Å². The molecule has 0 aliphatic rings. The van der Waals surface area contributed by atoms with Gasteiger partial charge in [-0.3, -0.25) is 0 Å². The normalized spacial score (nSPS) is 11.6. The number of benzene rings is 4. The SMILES string of the molecule is Nc1ccc(/C=C/c2ccc(/C=C/c3ccc(N)cc3)c3ccccc23)cc1. The Hall–Kier alpha value is -3.78. The van der Waals surface area contributed by atoms with Crippen molar-refractivity contribution in [2.45, 2.75) is 0 Å². The fourth-order valence-corrected chi connectivity index (χ4v) is 3.22. The molecular formula is C26H22N2. The molecule has 2 nitrogen and oxygen atoms in total. The Labute approximate surface area is 165 Å². The van der Waals surface area contributed by atoms with Gasteiger partial charge in [0.25, 0.3) is 0 Å². The van der Waals surface area contributed by atoms with Crippen LogP contribution in [0.4, 0.5) is 11.4 Å². The molecule has 0 heterocycles. The molecule has 28 heavy (non-hydrogen) atoms. The predicted molar refractivity (Wildman–Crippen MR) is 124 cm³/mol. The van der Waals surface area contributed by atoms with E-state index in [0.29, 0.717) is 0 Å². The molecule has 4 aromatic carbocycles. The Morgan fingerprint density at radius 1 is 0.429 bits per heavy atom. The summed E-state index contributed by atoms with van der Waals surface area (Å²) in [6, 6.07) is 28.6. The van der Waals surface area contributed by atoms with Crippen molar-refractivity contribution >= 4 is 46.5 Å². The first-order valence-corrected chi connectivity index (χ1v) is 9.28. The lowest BCUT2D eigenvalue weighted by atomic mass is 9.98. The van der Waals surface area contributed by atoms with Crippen molar-refractivity contribution in [2.75, 3.05) is 11.5 Å². The van der Waals surface area contributed by atoms with Crippen LogP contribution in [0.2, 0.25) is 0 Å². The van der Waals surface area contributed by atoms with Gasteiger partial charge in [-0.25, -0.2) is 0 Å². The van der Waals surface area contributed by atoms with Gasteiger partial charge in [-0.2, -0.15) is 0 Å². The van der Waals surface area contributed by atoms with Gasteiger partial charge in [0.2, 0.25) is 0 Å². The number of rotatable bonds is 4. The van der Waals surface area contributed by atoms with Gasteiger partial charge in [-0.15, -0.1) is 0 Å². The van der Waals surface area contributed by atoms with E-state index in [1.165, 1.54) is 21.9 Å². The molecule has 0 spiro atoms. The van der Waals surface area contributed by atoms with E-state index in [0.717, 1.165) is 22.5 Å². The van der Waals surface area contributed by atoms with Crippen molar-refractivity contribution in [2.24, 2.45) is 0 Å². The molecule has 4 rings (SSSR count). The summed E-state index contributed by atoms with van der Waals surface area (Å²) in [4.78, 5) is 0. The van der Waals surface area contributed by atoms with Gasteiger partial charge >= 0.3 is 0 Å². The van der Waals surface area contributed by atoms with E-state index in [-0.39, 0.29) is 0 Å². The molecule has 2 heteroatoms. The zero-order chi connectivity index (χ0) is 19.3. The van der Waals surface area contributed by atoms with E-state index in [2.05, 4.69) is 60.7 Å². The maximum Gasteiger partial charge on any atom is 0.0314 e. The van der Waals surface area contributed by atoms with E-state index in [1.54, 1.807) is 0 Å². The molecule has 0 aromatic heterocycles. The Morgan fingerprint density at radius 3 is 1.21 bits per heavy atom. The Bertz CT molecular complexity index is 1060. The molecule has 0 aliphatic carbocycles. The fourth-order valence-electron chi connectivity index (χ4n) is 3.22. The predicted octanol–water partition coefficient (Wildman–Crippen LogP) is 6.35. The van der Waals surface area contributed by atoms with Crippen LogP contribution in [0.3, 0.4) is 0 Å². The van der Waals surface area contributed by atoms with Crippen molar-refractivity contribution in [1.29, 1.82) is 0 Å². The van der Waals surface area contributed by atoms with Crippen LogP contribution in [0.1, 0.15) is 22.3 Å². The maximum atomic E-state index is 5.77. The third-order valence-electron chi connectivity index (χ3n) is 4.78. The Morgan fingerprint density at radius 2 is 0.821 bits per heavy atom. The number of hydrogen-bond acceptors (Lipinski definition) is 2. The molecule has 0 atom stereocenters. The molecule has 0 bridgehead atoms. The van der Waals surface area contributed by atoms with E-state index in [9.17, 15) is 0 Å². The van der Waals surface area contributed by atoms with Gasteiger partial charge in [0, 0.05) is 11.4 Å². The second kappa shape index (κ2) is 7.85. The maximum absolute atomic E-state index is 5.77. The second-order valence-corrected chi connectivity index (χ2v) is 6.79. The van der Waals surface area contributed by atoms with E-state index in [1.807, 2.05) is 48.5 Å². The van der Waals surface area contributed by atoms with Crippen molar-refractivity contribution < 1.29 is 0 Å². The molecule has 0 radical (unpaired) electrons. The van der Waals surface area contributed by atoms with Gasteiger partial charge in [0.15, 0.2) is 0 Å². The molecule has 0 aliphatic heterocycles. The first kappa shape index (κ1) is 17.6. The van der Waals surface area contributed by atoms with Gasteiger partial charge in [-0.1, -0.05) is 85.0 Å². The number of anilines is 2. The zero-order valence-corrected chi connectivity index (χ0v) is 15.5. The van der Waals surface area contributed by atoms with E-state index < -0.39 is 0 Å². The van der Waals surface area contributed by atoms with Crippen molar-refractivity contribution in [1.82, 2.24) is 0 Å². The number of nitrogens with two attached hydrogens (primary N) is 2. The molecule has 0 saturated carbocycles. The van der Waals surface area contributed by atoms with Crippen LogP contribution >= 0.6 is 0 Å². The molecule has 0 amide bonds. The molecule has 0 fully saturated rings. The van der Waals surface area contributed by atoms with Crippen molar-refractivity contribution in [3.05, 3.63) is 107 Å². The number of nitrogen functional groups attached to an aromatic ring is 2. The van der Waals surface area contributed by atoms with Gasteiger partial charge < -0.3 is 11.5 Å². The lowest BCUT2D eigenvalue weighted by Gasteiger charge is -2.07.